The number of carbonyl (C=O) groups is 1. The summed E-state index contributed by atoms with van der Waals surface area (Å²) in [5.41, 5.74) is 0. The van der Waals surface area contributed by atoms with Crippen LogP contribution in [0.4, 0.5) is 10.9 Å². The Morgan fingerprint density at radius 3 is 2.71 bits per heavy atom. The van der Waals surface area contributed by atoms with Crippen LogP contribution < -0.4 is 10.2 Å². The van der Waals surface area contributed by atoms with Crippen molar-refractivity contribution in [3.05, 3.63) is 36.0 Å². The lowest BCUT2D eigenvalue weighted by Crippen LogP contribution is -2.48. The van der Waals surface area contributed by atoms with Crippen molar-refractivity contribution in [1.29, 1.82) is 0 Å². The molecule has 1 aliphatic heterocycles. The molecule has 110 valence electrons. The second-order valence-corrected chi connectivity index (χ2v) is 5.73. The van der Waals surface area contributed by atoms with Crippen molar-refractivity contribution in [1.82, 2.24) is 14.9 Å². The summed E-state index contributed by atoms with van der Waals surface area (Å²) in [6, 6.07) is 5.93. The maximum absolute atomic E-state index is 11.9. The van der Waals surface area contributed by atoms with E-state index in [1.54, 1.807) is 6.20 Å². The van der Waals surface area contributed by atoms with Crippen LogP contribution in [0, 0.1) is 0 Å². The van der Waals surface area contributed by atoms with Gasteiger partial charge in [0.2, 0.25) is 5.91 Å². The standard InChI is InChI=1S/C14H17N5OS/c20-13(17-14-16-5-10-21-14)11-18-6-8-19(9-7-18)12-3-1-2-4-15-12/h1-5,10H,6-9,11H2,(H,16,17,20). The van der Waals surface area contributed by atoms with Crippen LogP contribution in [-0.2, 0) is 4.79 Å². The number of hydrogen-bond acceptors (Lipinski definition) is 6. The van der Waals surface area contributed by atoms with Crippen LogP contribution in [0.15, 0.2) is 36.0 Å². The number of piperazine rings is 1. The van der Waals surface area contributed by atoms with E-state index >= 15 is 0 Å². The Hall–Kier alpha value is -1.99. The first-order valence-electron chi connectivity index (χ1n) is 6.89. The first-order valence-corrected chi connectivity index (χ1v) is 7.77. The third kappa shape index (κ3) is 3.77. The highest BCUT2D eigenvalue weighted by atomic mass is 32.1. The molecule has 1 saturated heterocycles. The number of nitrogens with one attached hydrogen (secondary N) is 1. The Bertz CT molecular complexity index is 566. The van der Waals surface area contributed by atoms with Crippen LogP contribution in [0.25, 0.3) is 0 Å². The number of amides is 1. The van der Waals surface area contributed by atoms with Crippen LogP contribution in [0.2, 0.25) is 0 Å². The number of hydrogen-bond donors (Lipinski definition) is 1. The summed E-state index contributed by atoms with van der Waals surface area (Å²) in [4.78, 5) is 24.7. The predicted molar refractivity (Wildman–Crippen MR) is 83.6 cm³/mol. The van der Waals surface area contributed by atoms with E-state index in [9.17, 15) is 4.79 Å². The van der Waals surface area contributed by atoms with E-state index in [1.807, 2.05) is 29.8 Å². The van der Waals surface area contributed by atoms with Gasteiger partial charge in [-0.1, -0.05) is 6.07 Å². The number of thiazole rings is 1. The van der Waals surface area contributed by atoms with Crippen molar-refractivity contribution >= 4 is 28.2 Å². The second-order valence-electron chi connectivity index (χ2n) is 4.84. The van der Waals surface area contributed by atoms with Crippen LogP contribution in [0.3, 0.4) is 0 Å². The SMILES string of the molecule is O=C(CN1CCN(c2ccccn2)CC1)Nc1nccs1. The van der Waals surface area contributed by atoms with E-state index in [-0.39, 0.29) is 5.91 Å². The van der Waals surface area contributed by atoms with Gasteiger partial charge in [-0.15, -0.1) is 11.3 Å². The van der Waals surface area contributed by atoms with Gasteiger partial charge in [0, 0.05) is 44.0 Å². The maximum Gasteiger partial charge on any atom is 0.240 e. The van der Waals surface area contributed by atoms with E-state index < -0.39 is 0 Å². The lowest BCUT2D eigenvalue weighted by atomic mass is 10.3. The minimum Gasteiger partial charge on any atom is -0.354 e. The van der Waals surface area contributed by atoms with Crippen LogP contribution >= 0.6 is 11.3 Å². The molecule has 0 saturated carbocycles. The monoisotopic (exact) mass is 303 g/mol. The Labute approximate surface area is 127 Å². The zero-order chi connectivity index (χ0) is 14.5. The number of carbonyl (C=O) groups excluding carboxylic acids is 1. The summed E-state index contributed by atoms with van der Waals surface area (Å²) >= 11 is 1.43. The molecule has 3 rings (SSSR count). The molecule has 0 unspecified atom stereocenters. The van der Waals surface area contributed by atoms with Crippen LogP contribution in [0.1, 0.15) is 0 Å². The zero-order valence-electron chi connectivity index (χ0n) is 11.6. The normalized spacial score (nSPS) is 15.9. The van der Waals surface area contributed by atoms with Gasteiger partial charge in [0.1, 0.15) is 5.82 Å². The summed E-state index contributed by atoms with van der Waals surface area (Å²) in [5.74, 6) is 1.00. The molecule has 2 aromatic rings. The van der Waals surface area contributed by atoms with Gasteiger partial charge in [-0.25, -0.2) is 9.97 Å². The van der Waals surface area contributed by atoms with Gasteiger partial charge >= 0.3 is 0 Å². The van der Waals surface area contributed by atoms with E-state index in [4.69, 9.17) is 0 Å². The second kappa shape index (κ2) is 6.64. The number of pyridine rings is 1. The van der Waals surface area contributed by atoms with Crippen molar-refractivity contribution < 1.29 is 4.79 Å². The van der Waals surface area contributed by atoms with E-state index in [0.717, 1.165) is 32.0 Å². The third-order valence-electron chi connectivity index (χ3n) is 3.39. The minimum absolute atomic E-state index is 0.00349. The molecular formula is C14H17N5OS. The first-order chi connectivity index (χ1) is 10.3. The van der Waals surface area contributed by atoms with Gasteiger partial charge < -0.3 is 10.2 Å². The average molecular weight is 303 g/mol. The van der Waals surface area contributed by atoms with Gasteiger partial charge in [-0.3, -0.25) is 9.69 Å². The molecule has 0 spiro atoms. The minimum atomic E-state index is -0.00349. The molecule has 1 N–H and O–H groups in total. The Kier molecular flexibility index (Phi) is 4.42. The van der Waals surface area contributed by atoms with E-state index in [0.29, 0.717) is 11.7 Å². The fourth-order valence-electron chi connectivity index (χ4n) is 2.32. The average Bonchev–Trinajstić information content (AvgIpc) is 3.02. The fourth-order valence-corrected chi connectivity index (χ4v) is 2.87. The molecule has 0 bridgehead atoms. The lowest BCUT2D eigenvalue weighted by Gasteiger charge is -2.34. The molecule has 0 atom stereocenters. The number of nitrogens with zero attached hydrogens (tertiary/aromatic N) is 4. The highest BCUT2D eigenvalue weighted by Crippen LogP contribution is 2.13. The number of anilines is 2. The molecule has 1 fully saturated rings. The van der Waals surface area contributed by atoms with Crippen LogP contribution in [-0.4, -0.2) is 53.5 Å². The van der Waals surface area contributed by atoms with Crippen molar-refractivity contribution in [2.75, 3.05) is 42.9 Å². The molecule has 1 aliphatic rings. The molecular weight excluding hydrogens is 286 g/mol. The predicted octanol–water partition coefficient (Wildman–Crippen LogP) is 1.30. The number of aromatic nitrogens is 2. The topological polar surface area (TPSA) is 61.4 Å². The molecule has 1 amide bonds. The maximum atomic E-state index is 11.9. The van der Waals surface area contributed by atoms with Gasteiger partial charge in [-0.05, 0) is 12.1 Å². The summed E-state index contributed by atoms with van der Waals surface area (Å²) in [6.07, 6.45) is 3.50. The van der Waals surface area contributed by atoms with Gasteiger partial charge in [-0.2, -0.15) is 0 Å². The Balaban J connectivity index is 1.46. The smallest absolute Gasteiger partial charge is 0.240 e. The summed E-state index contributed by atoms with van der Waals surface area (Å²) in [5, 5.41) is 5.32. The highest BCUT2D eigenvalue weighted by molar-refractivity contribution is 7.13. The fraction of sp³-hybridized carbons (Fsp3) is 0.357. The van der Waals surface area contributed by atoms with E-state index in [1.165, 1.54) is 11.3 Å². The summed E-state index contributed by atoms with van der Waals surface area (Å²) in [7, 11) is 0. The van der Waals surface area contributed by atoms with Crippen molar-refractivity contribution in [2.45, 2.75) is 0 Å². The van der Waals surface area contributed by atoms with Gasteiger partial charge in [0.15, 0.2) is 5.13 Å². The molecule has 2 aromatic heterocycles. The molecule has 0 aliphatic carbocycles. The molecule has 0 aromatic carbocycles. The first kappa shape index (κ1) is 14.0. The zero-order valence-corrected chi connectivity index (χ0v) is 12.4. The highest BCUT2D eigenvalue weighted by Gasteiger charge is 2.19. The number of rotatable bonds is 4. The van der Waals surface area contributed by atoms with Crippen molar-refractivity contribution in [3.63, 3.8) is 0 Å². The van der Waals surface area contributed by atoms with Crippen molar-refractivity contribution in [2.24, 2.45) is 0 Å². The molecule has 7 heteroatoms. The van der Waals surface area contributed by atoms with Crippen LogP contribution in [0.5, 0.6) is 0 Å². The van der Waals surface area contributed by atoms with E-state index in [2.05, 4.69) is 25.1 Å². The Morgan fingerprint density at radius 1 is 1.19 bits per heavy atom. The largest absolute Gasteiger partial charge is 0.354 e. The molecule has 0 radical (unpaired) electrons. The molecule has 6 nitrogen and oxygen atoms in total. The lowest BCUT2D eigenvalue weighted by molar-refractivity contribution is -0.117. The summed E-state index contributed by atoms with van der Waals surface area (Å²) in [6.45, 7) is 3.92. The molecule has 21 heavy (non-hydrogen) atoms. The molecule has 3 heterocycles. The third-order valence-corrected chi connectivity index (χ3v) is 4.08. The Morgan fingerprint density at radius 2 is 2.05 bits per heavy atom. The van der Waals surface area contributed by atoms with Gasteiger partial charge in [0.25, 0.3) is 0 Å². The van der Waals surface area contributed by atoms with Crippen molar-refractivity contribution in [3.8, 4) is 0 Å². The van der Waals surface area contributed by atoms with Gasteiger partial charge in [0.05, 0.1) is 6.54 Å². The summed E-state index contributed by atoms with van der Waals surface area (Å²) < 4.78 is 0. The quantitative estimate of drug-likeness (QED) is 0.922.